The number of nitrogens with zero attached hydrogens (tertiary/aromatic N) is 1. The zero-order chi connectivity index (χ0) is 14.2. The van der Waals surface area contributed by atoms with E-state index in [9.17, 15) is 0 Å². The Kier molecular flexibility index (Phi) is 3.87. The molecule has 3 rings (SSSR count). The first kappa shape index (κ1) is 14.1. The second-order valence-electron chi connectivity index (χ2n) is 6.73. The fourth-order valence-corrected chi connectivity index (χ4v) is 7.75. The van der Waals surface area contributed by atoms with Gasteiger partial charge in [-0.3, -0.25) is 15.2 Å². The molecule has 2 N–H and O–H groups in total. The molecule has 2 fully saturated rings. The van der Waals surface area contributed by atoms with Gasteiger partial charge >= 0.3 is 0 Å². The van der Waals surface area contributed by atoms with Crippen molar-refractivity contribution in [2.24, 2.45) is 17.8 Å². The highest BCUT2D eigenvalue weighted by molar-refractivity contribution is 6.76. The van der Waals surface area contributed by atoms with Crippen LogP contribution in [0.25, 0.3) is 0 Å². The Morgan fingerprint density at radius 1 is 1.15 bits per heavy atom. The summed E-state index contributed by atoms with van der Waals surface area (Å²) in [5, 5.41) is 6.88. The third-order valence-corrected chi connectivity index (χ3v) is 9.83. The number of nitrogens with one attached hydrogen (secondary N) is 2. The van der Waals surface area contributed by atoms with E-state index in [1.165, 1.54) is 6.42 Å². The highest BCUT2D eigenvalue weighted by Gasteiger charge is 2.50. The average molecular weight is 287 g/mol. The van der Waals surface area contributed by atoms with Crippen molar-refractivity contribution in [3.8, 4) is 12.3 Å². The van der Waals surface area contributed by atoms with Crippen molar-refractivity contribution >= 4 is 8.24 Å². The van der Waals surface area contributed by atoms with E-state index in [0.717, 1.165) is 25.5 Å². The standard InChI is InChI=1S/C16H25N3Si/c1-4-13-9-16(15-8-6-5-7-14(13)15)20(2,3)19-11-17-10-18-12-19/h1,5-8,13-18H,9-12H2,2-3H3. The van der Waals surface area contributed by atoms with Crippen LogP contribution in [0.5, 0.6) is 0 Å². The van der Waals surface area contributed by atoms with E-state index in [2.05, 4.69) is 58.5 Å². The van der Waals surface area contributed by atoms with Crippen molar-refractivity contribution in [1.82, 2.24) is 15.2 Å². The molecule has 0 aromatic heterocycles. The highest BCUT2D eigenvalue weighted by atomic mass is 28.3. The van der Waals surface area contributed by atoms with Crippen molar-refractivity contribution in [1.29, 1.82) is 0 Å². The van der Waals surface area contributed by atoms with Gasteiger partial charge in [0.15, 0.2) is 0 Å². The number of hydrogen-bond acceptors (Lipinski definition) is 3. The lowest BCUT2D eigenvalue weighted by atomic mass is 9.87. The Hall–Kier alpha value is -0.863. The van der Waals surface area contributed by atoms with Crippen LogP contribution in [0.2, 0.25) is 18.6 Å². The summed E-state index contributed by atoms with van der Waals surface area (Å²) in [6.45, 7) is 7.97. The molecule has 4 heteroatoms. The van der Waals surface area contributed by atoms with Gasteiger partial charge in [0.2, 0.25) is 0 Å². The third-order valence-electron chi connectivity index (χ3n) is 5.45. The van der Waals surface area contributed by atoms with Crippen molar-refractivity contribution in [3.63, 3.8) is 0 Å². The van der Waals surface area contributed by atoms with Gasteiger partial charge in [-0.2, -0.15) is 0 Å². The van der Waals surface area contributed by atoms with Crippen LogP contribution in [-0.4, -0.2) is 32.8 Å². The zero-order valence-electron chi connectivity index (χ0n) is 12.5. The molecule has 108 valence electrons. The van der Waals surface area contributed by atoms with Crippen LogP contribution in [-0.2, 0) is 0 Å². The van der Waals surface area contributed by atoms with Gasteiger partial charge in [0.05, 0.1) is 0 Å². The first-order valence-corrected chi connectivity index (χ1v) is 10.6. The second-order valence-corrected chi connectivity index (χ2v) is 11.4. The molecule has 0 aromatic carbocycles. The number of hydrogen-bond donors (Lipinski definition) is 2. The van der Waals surface area contributed by atoms with Crippen molar-refractivity contribution in [3.05, 3.63) is 24.3 Å². The molecule has 4 unspecified atom stereocenters. The minimum absolute atomic E-state index is 0.420. The highest BCUT2D eigenvalue weighted by Crippen LogP contribution is 2.52. The first-order valence-electron chi connectivity index (χ1n) is 7.62. The average Bonchev–Trinajstić information content (AvgIpc) is 2.88. The molecule has 20 heavy (non-hydrogen) atoms. The van der Waals surface area contributed by atoms with Gasteiger partial charge in [-0.05, 0) is 23.8 Å². The topological polar surface area (TPSA) is 27.3 Å². The molecule has 1 saturated heterocycles. The molecule has 0 aromatic rings. The molecular weight excluding hydrogens is 262 g/mol. The Bertz CT molecular complexity index is 457. The van der Waals surface area contributed by atoms with Crippen molar-refractivity contribution in [2.75, 3.05) is 20.0 Å². The van der Waals surface area contributed by atoms with Gasteiger partial charge in [0.25, 0.3) is 0 Å². The summed E-state index contributed by atoms with van der Waals surface area (Å²) < 4.78 is 2.64. The molecular formula is C16H25N3Si. The van der Waals surface area contributed by atoms with Crippen molar-refractivity contribution < 1.29 is 0 Å². The van der Waals surface area contributed by atoms with E-state index < -0.39 is 8.24 Å². The van der Waals surface area contributed by atoms with E-state index in [0.29, 0.717) is 17.8 Å². The fraction of sp³-hybridized carbons (Fsp3) is 0.625. The SMILES string of the molecule is C#CC1CC([Si](C)(C)N2CNCNC2)C2C=CC=CC12. The summed E-state index contributed by atoms with van der Waals surface area (Å²) in [4.78, 5) is 0. The fourth-order valence-electron chi connectivity index (χ4n) is 4.14. The molecule has 0 amide bonds. The first-order chi connectivity index (χ1) is 9.64. The Labute approximate surface area is 123 Å². The number of allylic oxidation sites excluding steroid dienone is 4. The van der Waals surface area contributed by atoms with Crippen molar-refractivity contribution in [2.45, 2.75) is 25.1 Å². The molecule has 2 aliphatic carbocycles. The summed E-state index contributed by atoms with van der Waals surface area (Å²) in [6.07, 6.45) is 16.1. The molecule has 1 saturated carbocycles. The smallest absolute Gasteiger partial charge is 0.128 e. The van der Waals surface area contributed by atoms with E-state index in [1.807, 2.05) is 0 Å². The van der Waals surface area contributed by atoms with Crippen LogP contribution in [0.1, 0.15) is 6.42 Å². The number of fused-ring (bicyclic) bond motifs is 1. The predicted molar refractivity (Wildman–Crippen MR) is 86.1 cm³/mol. The van der Waals surface area contributed by atoms with Crippen LogP contribution in [0.4, 0.5) is 0 Å². The summed E-state index contributed by atoms with van der Waals surface area (Å²) >= 11 is 0. The van der Waals surface area contributed by atoms with Gasteiger partial charge in [-0.1, -0.05) is 37.4 Å². The van der Waals surface area contributed by atoms with Gasteiger partial charge in [-0.25, -0.2) is 0 Å². The quantitative estimate of drug-likeness (QED) is 0.600. The summed E-state index contributed by atoms with van der Waals surface area (Å²) in [7, 11) is -1.51. The molecule has 0 radical (unpaired) electrons. The van der Waals surface area contributed by atoms with Crippen LogP contribution in [0.15, 0.2) is 24.3 Å². The molecule has 0 bridgehead atoms. The molecule has 1 heterocycles. The molecule has 0 spiro atoms. The number of rotatable bonds is 2. The summed E-state index contributed by atoms with van der Waals surface area (Å²) in [6, 6.07) is 0. The lowest BCUT2D eigenvalue weighted by Gasteiger charge is -2.45. The van der Waals surface area contributed by atoms with E-state index in [1.54, 1.807) is 0 Å². The van der Waals surface area contributed by atoms with Gasteiger partial charge in [0.1, 0.15) is 8.24 Å². The van der Waals surface area contributed by atoms with E-state index >= 15 is 0 Å². The minimum atomic E-state index is -1.51. The Balaban J connectivity index is 1.83. The third kappa shape index (κ3) is 2.29. The molecule has 4 atom stereocenters. The van der Waals surface area contributed by atoms with Crippen LogP contribution in [0, 0.1) is 30.1 Å². The second kappa shape index (κ2) is 5.49. The molecule has 3 aliphatic rings. The summed E-state index contributed by atoms with van der Waals surface area (Å²) in [5.41, 5.74) is 0.747. The largest absolute Gasteiger partial charge is 0.299 e. The minimum Gasteiger partial charge on any atom is -0.299 e. The number of terminal acetylenes is 1. The van der Waals surface area contributed by atoms with Crippen LogP contribution in [0.3, 0.4) is 0 Å². The monoisotopic (exact) mass is 287 g/mol. The van der Waals surface area contributed by atoms with Crippen LogP contribution < -0.4 is 10.6 Å². The molecule has 3 nitrogen and oxygen atoms in total. The summed E-state index contributed by atoms with van der Waals surface area (Å²) in [5.74, 6) is 4.68. The lowest BCUT2D eigenvalue weighted by Crippen LogP contribution is -2.63. The zero-order valence-corrected chi connectivity index (χ0v) is 13.5. The van der Waals surface area contributed by atoms with Crippen LogP contribution >= 0.6 is 0 Å². The Morgan fingerprint density at radius 2 is 1.80 bits per heavy atom. The molecule has 1 aliphatic heterocycles. The van der Waals surface area contributed by atoms with E-state index in [-0.39, 0.29) is 0 Å². The predicted octanol–water partition coefficient (Wildman–Crippen LogP) is 1.94. The normalized spacial score (nSPS) is 37.6. The van der Waals surface area contributed by atoms with Gasteiger partial charge in [-0.15, -0.1) is 12.3 Å². The maximum atomic E-state index is 5.79. The van der Waals surface area contributed by atoms with Gasteiger partial charge < -0.3 is 0 Å². The van der Waals surface area contributed by atoms with E-state index in [4.69, 9.17) is 6.42 Å². The lowest BCUT2D eigenvalue weighted by molar-refractivity contribution is 0.283. The van der Waals surface area contributed by atoms with Gasteiger partial charge in [0, 0.05) is 25.9 Å². The Morgan fingerprint density at radius 3 is 2.45 bits per heavy atom. The maximum Gasteiger partial charge on any atom is 0.128 e. The maximum absolute atomic E-state index is 5.79.